The zero-order valence-corrected chi connectivity index (χ0v) is 12.1. The molecule has 1 atom stereocenters. The van der Waals surface area contributed by atoms with Gasteiger partial charge in [0.2, 0.25) is 10.0 Å². The Morgan fingerprint density at radius 2 is 2.16 bits per heavy atom. The summed E-state index contributed by atoms with van der Waals surface area (Å²) < 4.78 is 31.2. The van der Waals surface area contributed by atoms with Gasteiger partial charge in [-0.15, -0.1) is 0 Å². The third-order valence-electron chi connectivity index (χ3n) is 3.22. The Bertz CT molecular complexity index is 530. The Morgan fingerprint density at radius 1 is 1.42 bits per heavy atom. The Morgan fingerprint density at radius 3 is 2.89 bits per heavy atom. The highest BCUT2D eigenvalue weighted by Gasteiger charge is 2.28. The molecule has 0 fully saturated rings. The Hall–Kier alpha value is -1.11. The van der Waals surface area contributed by atoms with Gasteiger partial charge < -0.3 is 10.1 Å². The van der Waals surface area contributed by atoms with Crippen molar-refractivity contribution in [1.29, 1.82) is 0 Å². The predicted octanol–water partition coefficient (Wildman–Crippen LogP) is 0.961. The summed E-state index contributed by atoms with van der Waals surface area (Å²) in [7, 11) is -1.84. The maximum absolute atomic E-state index is 12.4. The van der Waals surface area contributed by atoms with Gasteiger partial charge in [0.05, 0.1) is 18.0 Å². The van der Waals surface area contributed by atoms with Gasteiger partial charge in [0, 0.05) is 26.2 Å². The molecule has 0 aliphatic carbocycles. The van der Waals surface area contributed by atoms with Crippen LogP contribution in [0.25, 0.3) is 0 Å². The number of rotatable bonds is 4. The summed E-state index contributed by atoms with van der Waals surface area (Å²) in [5.74, 6) is 0.00452. The van der Waals surface area contributed by atoms with Crippen molar-refractivity contribution in [1.82, 2.24) is 5.32 Å². The van der Waals surface area contributed by atoms with Gasteiger partial charge in [-0.3, -0.25) is 4.31 Å². The van der Waals surface area contributed by atoms with Gasteiger partial charge in [0.15, 0.2) is 0 Å². The lowest BCUT2D eigenvalue weighted by Crippen LogP contribution is -2.41. The first-order valence-electron chi connectivity index (χ1n) is 6.35. The van der Waals surface area contributed by atoms with E-state index in [1.807, 2.05) is 31.2 Å². The van der Waals surface area contributed by atoms with E-state index in [0.717, 1.165) is 11.3 Å². The normalized spacial score (nSPS) is 19.9. The molecule has 0 amide bonds. The van der Waals surface area contributed by atoms with E-state index in [-0.39, 0.29) is 18.4 Å². The van der Waals surface area contributed by atoms with E-state index in [2.05, 4.69) is 5.32 Å². The van der Waals surface area contributed by atoms with E-state index in [1.54, 1.807) is 0 Å². The van der Waals surface area contributed by atoms with Crippen LogP contribution < -0.4 is 9.62 Å². The second-order valence-corrected chi connectivity index (χ2v) is 6.76. The molecule has 0 radical (unpaired) electrons. The van der Waals surface area contributed by atoms with E-state index >= 15 is 0 Å². The van der Waals surface area contributed by atoms with Crippen LogP contribution in [0, 0.1) is 0 Å². The van der Waals surface area contributed by atoms with Gasteiger partial charge in [-0.2, -0.15) is 0 Å². The number of methoxy groups -OCH3 is 1. The fourth-order valence-corrected chi connectivity index (χ4v) is 3.69. The van der Waals surface area contributed by atoms with Crippen molar-refractivity contribution in [2.45, 2.75) is 19.5 Å². The lowest BCUT2D eigenvalue weighted by atomic mass is 10.2. The summed E-state index contributed by atoms with van der Waals surface area (Å²) in [5.41, 5.74) is 1.78. The van der Waals surface area contributed by atoms with Crippen molar-refractivity contribution in [2.75, 3.05) is 30.3 Å². The number of hydrogen-bond donors (Lipinski definition) is 1. The number of benzene rings is 1. The van der Waals surface area contributed by atoms with Crippen LogP contribution in [0.4, 0.5) is 5.69 Å². The fourth-order valence-electron chi connectivity index (χ4n) is 2.16. The lowest BCUT2D eigenvalue weighted by Gasteiger charge is -2.25. The van der Waals surface area contributed by atoms with Crippen molar-refractivity contribution in [3.8, 4) is 0 Å². The van der Waals surface area contributed by atoms with E-state index in [9.17, 15) is 8.42 Å². The van der Waals surface area contributed by atoms with Crippen molar-refractivity contribution < 1.29 is 13.2 Å². The number of para-hydroxylation sites is 1. The van der Waals surface area contributed by atoms with Crippen LogP contribution in [0.2, 0.25) is 0 Å². The average molecular weight is 284 g/mol. The molecule has 0 saturated heterocycles. The SMILES string of the molecule is COCCS(=O)(=O)N1CC(C)NCc2ccccc21. The quantitative estimate of drug-likeness (QED) is 0.895. The summed E-state index contributed by atoms with van der Waals surface area (Å²) in [5, 5.41) is 3.32. The second-order valence-electron chi connectivity index (χ2n) is 4.75. The molecular formula is C13H20N2O3S. The Kier molecular flexibility index (Phi) is 4.44. The first-order valence-corrected chi connectivity index (χ1v) is 7.96. The molecule has 1 unspecified atom stereocenters. The van der Waals surface area contributed by atoms with E-state index in [1.165, 1.54) is 11.4 Å². The summed E-state index contributed by atoms with van der Waals surface area (Å²) in [6.07, 6.45) is 0. The lowest BCUT2D eigenvalue weighted by molar-refractivity contribution is 0.217. The number of anilines is 1. The Balaban J connectivity index is 2.37. The molecule has 1 aliphatic rings. The number of nitrogens with one attached hydrogen (secondary N) is 1. The molecule has 106 valence electrons. The molecular weight excluding hydrogens is 264 g/mol. The standard InChI is InChI=1S/C13H20N2O3S/c1-11-10-15(19(16,17)8-7-18-2)13-6-4-3-5-12(13)9-14-11/h3-6,11,14H,7-10H2,1-2H3. The zero-order chi connectivity index (χ0) is 13.9. The highest BCUT2D eigenvalue weighted by Crippen LogP contribution is 2.26. The van der Waals surface area contributed by atoms with Gasteiger partial charge >= 0.3 is 0 Å². The molecule has 1 aromatic carbocycles. The van der Waals surface area contributed by atoms with Crippen LogP contribution in [0.15, 0.2) is 24.3 Å². The van der Waals surface area contributed by atoms with Crippen LogP contribution >= 0.6 is 0 Å². The largest absolute Gasteiger partial charge is 0.384 e. The number of ether oxygens (including phenoxy) is 1. The highest BCUT2D eigenvalue weighted by atomic mass is 32.2. The van der Waals surface area contributed by atoms with Gasteiger partial charge in [-0.25, -0.2) is 8.42 Å². The molecule has 2 rings (SSSR count). The van der Waals surface area contributed by atoms with Crippen LogP contribution in [0.3, 0.4) is 0 Å². The summed E-state index contributed by atoms with van der Waals surface area (Å²) in [4.78, 5) is 0. The molecule has 1 aliphatic heterocycles. The van der Waals surface area contributed by atoms with Crippen molar-refractivity contribution in [2.24, 2.45) is 0 Å². The molecule has 1 heterocycles. The smallest absolute Gasteiger partial charge is 0.237 e. The third-order valence-corrected chi connectivity index (χ3v) is 4.92. The highest BCUT2D eigenvalue weighted by molar-refractivity contribution is 7.92. The minimum Gasteiger partial charge on any atom is -0.384 e. The van der Waals surface area contributed by atoms with Crippen molar-refractivity contribution >= 4 is 15.7 Å². The van der Waals surface area contributed by atoms with Gasteiger partial charge in [0.1, 0.15) is 0 Å². The van der Waals surface area contributed by atoms with Crippen molar-refractivity contribution in [3.63, 3.8) is 0 Å². The predicted molar refractivity (Wildman–Crippen MR) is 75.8 cm³/mol. The molecule has 1 N–H and O–H groups in total. The van der Waals surface area contributed by atoms with E-state index in [0.29, 0.717) is 13.1 Å². The monoisotopic (exact) mass is 284 g/mol. The fraction of sp³-hybridized carbons (Fsp3) is 0.538. The summed E-state index contributed by atoms with van der Waals surface area (Å²) in [6, 6.07) is 7.73. The molecule has 19 heavy (non-hydrogen) atoms. The van der Waals surface area contributed by atoms with E-state index in [4.69, 9.17) is 4.74 Å². The molecule has 0 saturated carbocycles. The second kappa shape index (κ2) is 5.90. The van der Waals surface area contributed by atoms with E-state index < -0.39 is 10.0 Å². The first kappa shape index (κ1) is 14.3. The molecule has 6 heteroatoms. The Labute approximate surface area is 114 Å². The first-order chi connectivity index (χ1) is 9.04. The van der Waals surface area contributed by atoms with Crippen LogP contribution in [0.5, 0.6) is 0 Å². The molecule has 0 spiro atoms. The molecule has 5 nitrogen and oxygen atoms in total. The molecule has 0 bridgehead atoms. The van der Waals surface area contributed by atoms with Crippen LogP contribution in [-0.4, -0.2) is 40.5 Å². The van der Waals surface area contributed by atoms with Crippen LogP contribution in [-0.2, 0) is 21.3 Å². The topological polar surface area (TPSA) is 58.6 Å². The molecule has 1 aromatic rings. The maximum Gasteiger partial charge on any atom is 0.237 e. The zero-order valence-electron chi connectivity index (χ0n) is 11.3. The van der Waals surface area contributed by atoms with Crippen molar-refractivity contribution in [3.05, 3.63) is 29.8 Å². The minimum atomic E-state index is -3.35. The number of nitrogens with zero attached hydrogens (tertiary/aromatic N) is 1. The number of sulfonamides is 1. The van der Waals surface area contributed by atoms with Gasteiger partial charge in [-0.1, -0.05) is 18.2 Å². The maximum atomic E-state index is 12.4. The van der Waals surface area contributed by atoms with Crippen LogP contribution in [0.1, 0.15) is 12.5 Å². The number of fused-ring (bicyclic) bond motifs is 1. The van der Waals surface area contributed by atoms with Gasteiger partial charge in [0.25, 0.3) is 0 Å². The molecule has 0 aromatic heterocycles. The summed E-state index contributed by atoms with van der Waals surface area (Å²) >= 11 is 0. The third kappa shape index (κ3) is 3.26. The minimum absolute atomic E-state index is 0.00452. The van der Waals surface area contributed by atoms with Gasteiger partial charge in [-0.05, 0) is 18.6 Å². The summed E-state index contributed by atoms with van der Waals surface area (Å²) in [6.45, 7) is 3.34. The number of hydrogen-bond acceptors (Lipinski definition) is 4. The average Bonchev–Trinajstić information content (AvgIpc) is 2.57.